The Morgan fingerprint density at radius 1 is 1.14 bits per heavy atom. The second kappa shape index (κ2) is 6.73. The van der Waals surface area contributed by atoms with Crippen molar-refractivity contribution in [3.05, 3.63) is 46.8 Å². The van der Waals surface area contributed by atoms with Gasteiger partial charge in [-0.25, -0.2) is 0 Å². The predicted octanol–water partition coefficient (Wildman–Crippen LogP) is 4.01. The molecule has 4 heteroatoms. The minimum atomic E-state index is 0.133. The number of ketones is 1. The van der Waals surface area contributed by atoms with Gasteiger partial charge < -0.3 is 4.74 Å². The van der Waals surface area contributed by atoms with E-state index in [1.165, 1.54) is 11.1 Å². The lowest BCUT2D eigenvalue weighted by Crippen LogP contribution is -2.37. The molecule has 0 spiro atoms. The highest BCUT2D eigenvalue weighted by Crippen LogP contribution is 2.30. The van der Waals surface area contributed by atoms with Crippen LogP contribution in [0.1, 0.15) is 35.1 Å². The molecule has 2 aromatic rings. The molecule has 3 nitrogen and oxygen atoms in total. The number of nitrogens with zero attached hydrogens (tertiary/aromatic N) is 1. The van der Waals surface area contributed by atoms with Gasteiger partial charge in [-0.05, 0) is 37.1 Å². The lowest BCUT2D eigenvalue weighted by Gasteiger charge is -2.32. The molecule has 22 heavy (non-hydrogen) atoms. The summed E-state index contributed by atoms with van der Waals surface area (Å²) in [5.41, 5.74) is 2.50. The van der Waals surface area contributed by atoms with Crippen LogP contribution in [0.15, 0.2) is 36.4 Å². The lowest BCUT2D eigenvalue weighted by atomic mass is 10.0. The second-order valence-electron chi connectivity index (χ2n) is 5.67. The van der Waals surface area contributed by atoms with E-state index in [2.05, 4.69) is 36.1 Å². The molecule has 1 aliphatic heterocycles. The maximum Gasteiger partial charge on any atom is 0.169 e. The van der Waals surface area contributed by atoms with E-state index in [0.717, 1.165) is 36.1 Å². The Kier molecular flexibility index (Phi) is 4.71. The van der Waals surface area contributed by atoms with Crippen molar-refractivity contribution in [2.24, 2.45) is 0 Å². The highest BCUT2D eigenvalue weighted by atomic mass is 32.1. The molecule has 0 aliphatic carbocycles. The van der Waals surface area contributed by atoms with Gasteiger partial charge in [-0.2, -0.15) is 0 Å². The molecule has 1 aromatic carbocycles. The van der Waals surface area contributed by atoms with Crippen LogP contribution in [0.2, 0.25) is 0 Å². The summed E-state index contributed by atoms with van der Waals surface area (Å²) >= 11 is 1.56. The first-order valence-corrected chi connectivity index (χ1v) is 8.49. The van der Waals surface area contributed by atoms with Gasteiger partial charge in [0.1, 0.15) is 0 Å². The van der Waals surface area contributed by atoms with Gasteiger partial charge in [0.05, 0.1) is 18.1 Å². The molecule has 1 aliphatic rings. The fraction of sp³-hybridized carbons (Fsp3) is 0.389. The maximum absolute atomic E-state index is 11.4. The van der Waals surface area contributed by atoms with Crippen molar-refractivity contribution in [1.29, 1.82) is 0 Å². The Labute approximate surface area is 135 Å². The van der Waals surface area contributed by atoms with E-state index in [1.54, 1.807) is 18.3 Å². The topological polar surface area (TPSA) is 29.5 Å². The van der Waals surface area contributed by atoms with Crippen LogP contribution in [0.3, 0.4) is 0 Å². The average molecular weight is 315 g/mol. The first-order valence-electron chi connectivity index (χ1n) is 7.68. The number of ether oxygens (including phenoxy) is 1. The summed E-state index contributed by atoms with van der Waals surface area (Å²) in [5, 5.41) is 0. The highest BCUT2D eigenvalue weighted by molar-refractivity contribution is 7.17. The third-order valence-electron chi connectivity index (χ3n) is 4.22. The molecular formula is C18H21NO2S. The summed E-state index contributed by atoms with van der Waals surface area (Å²) < 4.78 is 5.42. The lowest BCUT2D eigenvalue weighted by molar-refractivity contribution is 0.0198. The van der Waals surface area contributed by atoms with E-state index in [4.69, 9.17) is 4.74 Å². The van der Waals surface area contributed by atoms with Crippen LogP contribution in [0.4, 0.5) is 0 Å². The van der Waals surface area contributed by atoms with Crippen LogP contribution in [-0.2, 0) is 4.74 Å². The molecule has 0 saturated carbocycles. The summed E-state index contributed by atoms with van der Waals surface area (Å²) in [5.74, 6) is 0.133. The maximum atomic E-state index is 11.4. The number of hydrogen-bond donors (Lipinski definition) is 0. The Balaban J connectivity index is 1.75. The van der Waals surface area contributed by atoms with Crippen LogP contribution < -0.4 is 0 Å². The minimum Gasteiger partial charge on any atom is -0.379 e. The van der Waals surface area contributed by atoms with E-state index in [-0.39, 0.29) is 5.78 Å². The molecule has 0 N–H and O–H groups in total. The van der Waals surface area contributed by atoms with Crippen molar-refractivity contribution in [3.63, 3.8) is 0 Å². The van der Waals surface area contributed by atoms with E-state index >= 15 is 0 Å². The number of Topliss-reactive ketones (excluding diaryl/α,β-unsaturated/α-hetero) is 1. The third-order valence-corrected chi connectivity index (χ3v) is 5.46. The zero-order chi connectivity index (χ0) is 15.5. The summed E-state index contributed by atoms with van der Waals surface area (Å²) in [4.78, 5) is 15.8. The second-order valence-corrected chi connectivity index (χ2v) is 6.75. The normalized spacial score (nSPS) is 17.4. The van der Waals surface area contributed by atoms with Crippen LogP contribution in [0.25, 0.3) is 10.4 Å². The van der Waals surface area contributed by atoms with Gasteiger partial charge in [-0.3, -0.25) is 9.69 Å². The van der Waals surface area contributed by atoms with Gasteiger partial charge in [0, 0.05) is 24.0 Å². The molecule has 1 atom stereocenters. The quantitative estimate of drug-likeness (QED) is 0.798. The fourth-order valence-electron chi connectivity index (χ4n) is 2.78. The molecule has 0 amide bonds. The first-order chi connectivity index (χ1) is 10.6. The van der Waals surface area contributed by atoms with Gasteiger partial charge in [0.25, 0.3) is 0 Å². The van der Waals surface area contributed by atoms with Gasteiger partial charge in [-0.15, -0.1) is 11.3 Å². The van der Waals surface area contributed by atoms with Gasteiger partial charge in [0.15, 0.2) is 5.78 Å². The largest absolute Gasteiger partial charge is 0.379 e. The molecule has 0 radical (unpaired) electrons. The van der Waals surface area contributed by atoms with Gasteiger partial charge in [0.2, 0.25) is 0 Å². The van der Waals surface area contributed by atoms with Crippen LogP contribution in [0, 0.1) is 0 Å². The van der Waals surface area contributed by atoms with E-state index < -0.39 is 0 Å². The van der Waals surface area contributed by atoms with E-state index in [0.29, 0.717) is 6.04 Å². The first kappa shape index (κ1) is 15.4. The summed E-state index contributed by atoms with van der Waals surface area (Å²) in [6, 6.07) is 13.1. The zero-order valence-electron chi connectivity index (χ0n) is 13.0. The molecule has 3 rings (SSSR count). The average Bonchev–Trinajstić information content (AvgIpc) is 3.05. The van der Waals surface area contributed by atoms with Crippen LogP contribution in [-0.4, -0.2) is 37.0 Å². The molecule has 116 valence electrons. The standard InChI is InChI=1S/C18H21NO2S/c1-13(19-9-11-21-12-10-19)15-3-5-16(6-4-15)18-8-7-17(22-18)14(2)20/h3-8,13H,9-12H2,1-2H3/t13-/m1/s1. The Bertz CT molecular complexity index is 641. The number of morpholine rings is 1. The molecule has 0 unspecified atom stereocenters. The summed E-state index contributed by atoms with van der Waals surface area (Å²) in [7, 11) is 0. The van der Waals surface area contributed by atoms with Gasteiger partial charge >= 0.3 is 0 Å². The van der Waals surface area contributed by atoms with Crippen molar-refractivity contribution < 1.29 is 9.53 Å². The van der Waals surface area contributed by atoms with E-state index in [1.807, 2.05) is 12.1 Å². The van der Waals surface area contributed by atoms with E-state index in [9.17, 15) is 4.79 Å². The number of benzene rings is 1. The van der Waals surface area contributed by atoms with Crippen molar-refractivity contribution in [1.82, 2.24) is 4.90 Å². The SMILES string of the molecule is CC(=O)c1ccc(-c2ccc([C@@H](C)N3CCOCC3)cc2)s1. The number of thiophene rings is 1. The zero-order valence-corrected chi connectivity index (χ0v) is 13.9. The molecule has 2 heterocycles. The number of carbonyl (C=O) groups excluding carboxylic acids is 1. The summed E-state index contributed by atoms with van der Waals surface area (Å²) in [6.07, 6.45) is 0. The number of rotatable bonds is 4. The third kappa shape index (κ3) is 3.29. The predicted molar refractivity (Wildman–Crippen MR) is 90.6 cm³/mol. The minimum absolute atomic E-state index is 0.133. The molecule has 1 fully saturated rings. The monoisotopic (exact) mass is 315 g/mol. The Morgan fingerprint density at radius 2 is 1.82 bits per heavy atom. The van der Waals surface area contributed by atoms with Crippen molar-refractivity contribution in [2.45, 2.75) is 19.9 Å². The van der Waals surface area contributed by atoms with Gasteiger partial charge in [-0.1, -0.05) is 24.3 Å². The van der Waals surface area contributed by atoms with Crippen molar-refractivity contribution in [3.8, 4) is 10.4 Å². The van der Waals surface area contributed by atoms with Crippen molar-refractivity contribution >= 4 is 17.1 Å². The smallest absolute Gasteiger partial charge is 0.169 e. The Morgan fingerprint density at radius 3 is 2.41 bits per heavy atom. The molecule has 1 saturated heterocycles. The Hall–Kier alpha value is -1.49. The number of carbonyl (C=O) groups is 1. The van der Waals surface area contributed by atoms with Crippen molar-refractivity contribution in [2.75, 3.05) is 26.3 Å². The number of hydrogen-bond acceptors (Lipinski definition) is 4. The highest BCUT2D eigenvalue weighted by Gasteiger charge is 2.18. The fourth-order valence-corrected chi connectivity index (χ4v) is 3.69. The molecular weight excluding hydrogens is 294 g/mol. The van der Waals surface area contributed by atoms with Crippen LogP contribution >= 0.6 is 11.3 Å². The summed E-state index contributed by atoms with van der Waals surface area (Å²) in [6.45, 7) is 7.50. The van der Waals surface area contributed by atoms with Crippen LogP contribution in [0.5, 0.6) is 0 Å². The molecule has 1 aromatic heterocycles. The molecule has 0 bridgehead atoms.